The van der Waals surface area contributed by atoms with Gasteiger partial charge in [0.1, 0.15) is 0 Å². The molecule has 2 aromatic rings. The van der Waals surface area contributed by atoms with Crippen LogP contribution in [0, 0.1) is 6.92 Å². The van der Waals surface area contributed by atoms with Crippen LogP contribution < -0.4 is 10.2 Å². The van der Waals surface area contributed by atoms with Crippen molar-refractivity contribution in [2.45, 2.75) is 57.7 Å². The highest BCUT2D eigenvalue weighted by molar-refractivity contribution is 5.39. The summed E-state index contributed by atoms with van der Waals surface area (Å²) in [5.74, 6) is 0.273. The molecule has 0 saturated carbocycles. The van der Waals surface area contributed by atoms with Gasteiger partial charge in [-0.05, 0) is 49.1 Å². The van der Waals surface area contributed by atoms with Crippen molar-refractivity contribution < 1.29 is 26.3 Å². The number of aryl methyl sites for hydroxylation is 1. The second kappa shape index (κ2) is 8.41. The third kappa shape index (κ3) is 5.21. The largest absolute Gasteiger partial charge is 0.416 e. The minimum Gasteiger partial charge on any atom is -0.332 e. The molecule has 2 atom stereocenters. The van der Waals surface area contributed by atoms with Gasteiger partial charge in [0, 0.05) is 37.6 Å². The lowest BCUT2D eigenvalue weighted by molar-refractivity contribution is -0.143. The van der Waals surface area contributed by atoms with Gasteiger partial charge in [0.25, 0.3) is 0 Å². The molecule has 10 heteroatoms. The number of nitrogens with one attached hydrogen (secondary N) is 1. The fourth-order valence-electron chi connectivity index (χ4n) is 3.55. The molecule has 1 aliphatic heterocycles. The number of alkyl halides is 6. The Morgan fingerprint density at radius 3 is 2.03 bits per heavy atom. The summed E-state index contributed by atoms with van der Waals surface area (Å²) in [6.07, 6.45) is -5.07. The van der Waals surface area contributed by atoms with E-state index < -0.39 is 23.5 Å². The van der Waals surface area contributed by atoms with E-state index in [1.165, 1.54) is 0 Å². The molecule has 0 bridgehead atoms. The molecule has 30 heavy (non-hydrogen) atoms. The number of anilines is 1. The average Bonchev–Trinajstić information content (AvgIpc) is 3.14. The van der Waals surface area contributed by atoms with E-state index in [2.05, 4.69) is 15.3 Å². The molecule has 1 N–H and O–H groups in total. The number of halogens is 6. The summed E-state index contributed by atoms with van der Waals surface area (Å²) >= 11 is 0. The highest BCUT2D eigenvalue weighted by Gasteiger charge is 2.37. The molecule has 1 aromatic carbocycles. The number of benzene rings is 1. The van der Waals surface area contributed by atoms with E-state index in [1.54, 1.807) is 24.2 Å². The first-order valence-corrected chi connectivity index (χ1v) is 9.54. The predicted molar refractivity (Wildman–Crippen MR) is 99.9 cm³/mol. The summed E-state index contributed by atoms with van der Waals surface area (Å²) < 4.78 is 79.3. The molecule has 0 aliphatic carbocycles. The zero-order chi connectivity index (χ0) is 22.1. The summed E-state index contributed by atoms with van der Waals surface area (Å²) in [4.78, 5) is 10.2. The van der Waals surface area contributed by atoms with Crippen LogP contribution in [0.15, 0.2) is 30.6 Å². The Bertz CT molecular complexity index is 831. The van der Waals surface area contributed by atoms with Crippen LogP contribution in [0.2, 0.25) is 0 Å². The summed E-state index contributed by atoms with van der Waals surface area (Å²) in [6, 6.07) is 1.73. The van der Waals surface area contributed by atoms with E-state index in [9.17, 15) is 26.3 Å². The molecule has 1 aromatic heterocycles. The Labute approximate surface area is 170 Å². The van der Waals surface area contributed by atoms with Crippen molar-refractivity contribution in [2.75, 3.05) is 11.4 Å². The molecule has 0 amide bonds. The van der Waals surface area contributed by atoms with Gasteiger partial charge in [-0.1, -0.05) is 6.92 Å². The zero-order valence-electron chi connectivity index (χ0n) is 16.5. The van der Waals surface area contributed by atoms with Crippen molar-refractivity contribution in [1.29, 1.82) is 0 Å². The maximum absolute atomic E-state index is 13.2. The summed E-state index contributed by atoms with van der Waals surface area (Å²) in [5.41, 5.74) is -1.95. The van der Waals surface area contributed by atoms with E-state index >= 15 is 0 Å². The van der Waals surface area contributed by atoms with Crippen molar-refractivity contribution >= 4 is 5.95 Å². The quantitative estimate of drug-likeness (QED) is 0.678. The molecule has 4 nitrogen and oxygen atoms in total. The van der Waals surface area contributed by atoms with Crippen molar-refractivity contribution in [3.05, 3.63) is 52.8 Å². The van der Waals surface area contributed by atoms with Crippen molar-refractivity contribution in [3.8, 4) is 0 Å². The first kappa shape index (κ1) is 22.3. The lowest BCUT2D eigenvalue weighted by Gasteiger charge is -2.29. The molecule has 1 saturated heterocycles. The maximum atomic E-state index is 13.2. The van der Waals surface area contributed by atoms with Crippen LogP contribution >= 0.6 is 0 Å². The number of aromatic nitrogens is 2. The Hall–Kier alpha value is -2.36. The Kier molecular flexibility index (Phi) is 6.26. The van der Waals surface area contributed by atoms with Gasteiger partial charge in [-0.3, -0.25) is 0 Å². The fraction of sp³-hybridized carbons (Fsp3) is 0.500. The van der Waals surface area contributed by atoms with Crippen LogP contribution in [0.25, 0.3) is 0 Å². The molecule has 3 rings (SSSR count). The molecule has 2 unspecified atom stereocenters. The number of rotatable bonds is 5. The molecule has 2 heterocycles. The molecular weight excluding hydrogens is 410 g/mol. The van der Waals surface area contributed by atoms with E-state index in [4.69, 9.17) is 0 Å². The van der Waals surface area contributed by atoms with Crippen LogP contribution in [0.3, 0.4) is 0 Å². The molecule has 1 aliphatic rings. The highest BCUT2D eigenvalue weighted by Crippen LogP contribution is 2.37. The minimum atomic E-state index is -4.89. The molecule has 0 radical (unpaired) electrons. The standard InChI is InChI=1S/C20H22F6N4/c1-3-16-7-17(10-27-16)30(18-28-8-12(2)9-29-18)11-13-4-14(19(21,22)23)6-15(5-13)20(24,25)26/h4-6,8-9,16-17,27H,3,7,10-11H2,1-2H3. The van der Waals surface area contributed by atoms with Gasteiger partial charge in [0.15, 0.2) is 0 Å². The summed E-state index contributed by atoms with van der Waals surface area (Å²) in [6.45, 7) is 4.18. The van der Waals surface area contributed by atoms with Crippen LogP contribution in [-0.4, -0.2) is 28.6 Å². The van der Waals surface area contributed by atoms with Gasteiger partial charge in [-0.15, -0.1) is 0 Å². The number of hydrogen-bond acceptors (Lipinski definition) is 4. The number of hydrogen-bond donors (Lipinski definition) is 1. The van der Waals surface area contributed by atoms with Crippen LogP contribution in [0.5, 0.6) is 0 Å². The summed E-state index contributed by atoms with van der Waals surface area (Å²) in [7, 11) is 0. The van der Waals surface area contributed by atoms with Crippen molar-refractivity contribution in [2.24, 2.45) is 0 Å². The van der Waals surface area contributed by atoms with Crippen molar-refractivity contribution in [1.82, 2.24) is 15.3 Å². The average molecular weight is 432 g/mol. The second-order valence-electron chi connectivity index (χ2n) is 7.51. The third-order valence-electron chi connectivity index (χ3n) is 5.16. The molecular formula is C20H22F6N4. The van der Waals surface area contributed by atoms with Crippen LogP contribution in [0.1, 0.15) is 42.0 Å². The monoisotopic (exact) mass is 432 g/mol. The van der Waals surface area contributed by atoms with E-state index in [0.717, 1.165) is 24.1 Å². The Morgan fingerprint density at radius 1 is 1.00 bits per heavy atom. The second-order valence-corrected chi connectivity index (χ2v) is 7.51. The van der Waals surface area contributed by atoms with E-state index in [-0.39, 0.29) is 36.2 Å². The molecule has 1 fully saturated rings. The number of nitrogens with zero attached hydrogens (tertiary/aromatic N) is 3. The predicted octanol–water partition coefficient (Wildman–Crippen LogP) is 4.97. The van der Waals surface area contributed by atoms with Gasteiger partial charge in [-0.2, -0.15) is 26.3 Å². The lowest BCUT2D eigenvalue weighted by Crippen LogP contribution is -2.37. The minimum absolute atomic E-state index is 0.0960. The van der Waals surface area contributed by atoms with Crippen LogP contribution in [0.4, 0.5) is 32.3 Å². The highest BCUT2D eigenvalue weighted by atomic mass is 19.4. The Morgan fingerprint density at radius 2 is 1.57 bits per heavy atom. The van der Waals surface area contributed by atoms with Gasteiger partial charge < -0.3 is 10.2 Å². The Balaban J connectivity index is 2.00. The smallest absolute Gasteiger partial charge is 0.332 e. The van der Waals surface area contributed by atoms with Crippen molar-refractivity contribution in [3.63, 3.8) is 0 Å². The summed E-state index contributed by atoms with van der Waals surface area (Å²) in [5, 5.41) is 3.32. The van der Waals surface area contributed by atoms with Gasteiger partial charge in [-0.25, -0.2) is 9.97 Å². The van der Waals surface area contributed by atoms with Crippen LogP contribution in [-0.2, 0) is 18.9 Å². The first-order chi connectivity index (χ1) is 14.0. The fourth-order valence-corrected chi connectivity index (χ4v) is 3.55. The van der Waals surface area contributed by atoms with Gasteiger partial charge in [0.2, 0.25) is 5.95 Å². The molecule has 164 valence electrons. The van der Waals surface area contributed by atoms with Gasteiger partial charge >= 0.3 is 12.4 Å². The first-order valence-electron chi connectivity index (χ1n) is 9.54. The lowest BCUT2D eigenvalue weighted by atomic mass is 10.0. The molecule has 0 spiro atoms. The third-order valence-corrected chi connectivity index (χ3v) is 5.16. The topological polar surface area (TPSA) is 41.1 Å². The van der Waals surface area contributed by atoms with E-state index in [1.807, 2.05) is 6.92 Å². The SMILES string of the molecule is CCC1CC(N(Cc2cc(C(F)(F)F)cc(C(F)(F)F)c2)c2ncc(C)cn2)CN1. The maximum Gasteiger partial charge on any atom is 0.416 e. The zero-order valence-corrected chi connectivity index (χ0v) is 16.5. The van der Waals surface area contributed by atoms with E-state index in [0.29, 0.717) is 13.0 Å². The van der Waals surface area contributed by atoms with Gasteiger partial charge in [0.05, 0.1) is 11.1 Å². The normalized spacial score (nSPS) is 19.9.